The van der Waals surface area contributed by atoms with Gasteiger partial charge in [0.2, 0.25) is 21.8 Å². The molecule has 1 aliphatic heterocycles. The van der Waals surface area contributed by atoms with Crippen LogP contribution in [0.25, 0.3) is 0 Å². The van der Waals surface area contributed by atoms with Crippen molar-refractivity contribution in [2.24, 2.45) is 0 Å². The van der Waals surface area contributed by atoms with E-state index in [2.05, 4.69) is 20.3 Å². The molecule has 1 saturated heterocycles. The fourth-order valence-corrected chi connectivity index (χ4v) is 3.06. The highest BCUT2D eigenvalue weighted by molar-refractivity contribution is 7.89. The summed E-state index contributed by atoms with van der Waals surface area (Å²) in [6, 6.07) is 2.00. The van der Waals surface area contributed by atoms with Gasteiger partial charge in [0, 0.05) is 19.2 Å². The number of nitrogens with one attached hydrogen (secondary N) is 3. The number of hydrogen-bond acceptors (Lipinski definition) is 6. The van der Waals surface area contributed by atoms with Crippen molar-refractivity contribution in [3.63, 3.8) is 0 Å². The number of sulfonamides is 1. The summed E-state index contributed by atoms with van der Waals surface area (Å²) in [6.45, 7) is 2.57. The molecule has 2 heterocycles. The number of carbonyl (C=O) groups excluding carboxylic acids is 2. The maximum atomic E-state index is 12.2. The third-order valence-corrected chi connectivity index (χ3v) is 4.40. The van der Waals surface area contributed by atoms with E-state index in [0.717, 1.165) is 0 Å². The van der Waals surface area contributed by atoms with E-state index in [9.17, 15) is 18.0 Å². The SMILES string of the molecule is CCNc1ccc(S(=O)(=O)NC2CCC(=O)NC2=O)cn1. The van der Waals surface area contributed by atoms with Gasteiger partial charge in [-0.2, -0.15) is 4.72 Å². The number of imide groups is 1. The van der Waals surface area contributed by atoms with Crippen LogP contribution in [-0.4, -0.2) is 37.8 Å². The highest BCUT2D eigenvalue weighted by Gasteiger charge is 2.30. The lowest BCUT2D eigenvalue weighted by Gasteiger charge is -2.21. The number of rotatable bonds is 5. The fraction of sp³-hybridized carbons (Fsp3) is 0.417. The molecule has 114 valence electrons. The van der Waals surface area contributed by atoms with Gasteiger partial charge in [0.15, 0.2) is 0 Å². The number of nitrogens with zero attached hydrogens (tertiary/aromatic N) is 1. The Bertz CT molecular complexity index is 642. The van der Waals surface area contributed by atoms with Gasteiger partial charge < -0.3 is 5.32 Å². The Kier molecular flexibility index (Phi) is 4.53. The van der Waals surface area contributed by atoms with Gasteiger partial charge >= 0.3 is 0 Å². The first kappa shape index (κ1) is 15.4. The maximum absolute atomic E-state index is 12.2. The minimum Gasteiger partial charge on any atom is -0.370 e. The van der Waals surface area contributed by atoms with Crippen molar-refractivity contribution < 1.29 is 18.0 Å². The van der Waals surface area contributed by atoms with Crippen molar-refractivity contribution in [1.29, 1.82) is 0 Å². The van der Waals surface area contributed by atoms with E-state index in [0.29, 0.717) is 12.4 Å². The van der Waals surface area contributed by atoms with E-state index >= 15 is 0 Å². The van der Waals surface area contributed by atoms with Gasteiger partial charge in [0.1, 0.15) is 16.8 Å². The molecular formula is C12H16N4O4S. The minimum absolute atomic E-state index is 0.0335. The number of amides is 2. The van der Waals surface area contributed by atoms with Gasteiger partial charge in [-0.15, -0.1) is 0 Å². The van der Waals surface area contributed by atoms with Gasteiger partial charge in [0.25, 0.3) is 0 Å². The first-order valence-electron chi connectivity index (χ1n) is 6.48. The Hall–Kier alpha value is -2.00. The zero-order valence-electron chi connectivity index (χ0n) is 11.4. The molecule has 1 fully saturated rings. The quantitative estimate of drug-likeness (QED) is 0.637. The smallest absolute Gasteiger partial charge is 0.244 e. The second-order valence-corrected chi connectivity index (χ2v) is 6.25. The highest BCUT2D eigenvalue weighted by atomic mass is 32.2. The molecule has 0 aliphatic carbocycles. The number of anilines is 1. The maximum Gasteiger partial charge on any atom is 0.244 e. The molecule has 1 aliphatic rings. The van der Waals surface area contributed by atoms with Crippen LogP contribution in [0.3, 0.4) is 0 Å². The van der Waals surface area contributed by atoms with Crippen LogP contribution in [0.4, 0.5) is 5.82 Å². The predicted octanol–water partition coefficient (Wildman–Crippen LogP) is -0.403. The Labute approximate surface area is 122 Å². The van der Waals surface area contributed by atoms with Crippen LogP contribution in [0.5, 0.6) is 0 Å². The van der Waals surface area contributed by atoms with E-state index in [4.69, 9.17) is 0 Å². The van der Waals surface area contributed by atoms with E-state index in [1.807, 2.05) is 6.92 Å². The van der Waals surface area contributed by atoms with Gasteiger partial charge in [0.05, 0.1) is 0 Å². The van der Waals surface area contributed by atoms with E-state index in [-0.39, 0.29) is 17.7 Å². The average molecular weight is 312 g/mol. The number of aromatic nitrogens is 1. The molecule has 1 atom stereocenters. The largest absolute Gasteiger partial charge is 0.370 e. The van der Waals surface area contributed by atoms with Crippen LogP contribution in [0, 0.1) is 0 Å². The van der Waals surface area contributed by atoms with Crippen molar-refractivity contribution in [3.8, 4) is 0 Å². The van der Waals surface area contributed by atoms with Crippen molar-refractivity contribution in [2.45, 2.75) is 30.7 Å². The molecule has 21 heavy (non-hydrogen) atoms. The Balaban J connectivity index is 2.11. The summed E-state index contributed by atoms with van der Waals surface area (Å²) < 4.78 is 26.6. The summed E-state index contributed by atoms with van der Waals surface area (Å²) in [7, 11) is -3.85. The van der Waals surface area contributed by atoms with Crippen LogP contribution in [0.1, 0.15) is 19.8 Å². The monoisotopic (exact) mass is 312 g/mol. The number of piperidine rings is 1. The summed E-state index contributed by atoms with van der Waals surface area (Å²) in [5.74, 6) is -0.461. The molecule has 0 spiro atoms. The highest BCUT2D eigenvalue weighted by Crippen LogP contribution is 2.13. The van der Waals surface area contributed by atoms with Crippen LogP contribution in [0.15, 0.2) is 23.2 Å². The molecule has 2 amide bonds. The fourth-order valence-electron chi connectivity index (χ4n) is 1.89. The third kappa shape index (κ3) is 3.76. The summed E-state index contributed by atoms with van der Waals surface area (Å²) in [4.78, 5) is 26.5. The molecule has 0 radical (unpaired) electrons. The van der Waals surface area contributed by atoms with E-state index in [1.165, 1.54) is 12.3 Å². The molecule has 1 unspecified atom stereocenters. The third-order valence-electron chi connectivity index (χ3n) is 2.94. The van der Waals surface area contributed by atoms with Crippen LogP contribution in [-0.2, 0) is 19.6 Å². The zero-order chi connectivity index (χ0) is 15.5. The molecule has 3 N–H and O–H groups in total. The Morgan fingerprint density at radius 2 is 2.14 bits per heavy atom. The van der Waals surface area contributed by atoms with E-state index in [1.54, 1.807) is 6.07 Å². The lowest BCUT2D eigenvalue weighted by molar-refractivity contribution is -0.134. The normalized spacial score (nSPS) is 19.2. The lowest BCUT2D eigenvalue weighted by atomic mass is 10.1. The van der Waals surface area contributed by atoms with Gasteiger partial charge in [-0.3, -0.25) is 14.9 Å². The lowest BCUT2D eigenvalue weighted by Crippen LogP contribution is -2.52. The van der Waals surface area contributed by atoms with Gasteiger partial charge in [-0.25, -0.2) is 13.4 Å². The summed E-state index contributed by atoms with van der Waals surface area (Å²) in [5, 5.41) is 5.05. The summed E-state index contributed by atoms with van der Waals surface area (Å²) >= 11 is 0. The molecule has 1 aromatic heterocycles. The molecule has 0 saturated carbocycles. The van der Waals surface area contributed by atoms with E-state index < -0.39 is 27.9 Å². The van der Waals surface area contributed by atoms with Crippen molar-refractivity contribution >= 4 is 27.7 Å². The Morgan fingerprint density at radius 3 is 2.71 bits per heavy atom. The molecule has 1 aromatic rings. The van der Waals surface area contributed by atoms with Crippen LogP contribution in [0.2, 0.25) is 0 Å². The van der Waals surface area contributed by atoms with Crippen molar-refractivity contribution in [2.75, 3.05) is 11.9 Å². The first-order chi connectivity index (χ1) is 9.92. The average Bonchev–Trinajstić information content (AvgIpc) is 2.43. The van der Waals surface area contributed by atoms with Crippen molar-refractivity contribution in [1.82, 2.24) is 15.0 Å². The second-order valence-electron chi connectivity index (χ2n) is 4.53. The van der Waals surface area contributed by atoms with Gasteiger partial charge in [-0.05, 0) is 25.5 Å². The van der Waals surface area contributed by atoms with Crippen LogP contribution >= 0.6 is 0 Å². The number of hydrogen-bond donors (Lipinski definition) is 3. The molecular weight excluding hydrogens is 296 g/mol. The topological polar surface area (TPSA) is 117 Å². The number of pyridine rings is 1. The Morgan fingerprint density at radius 1 is 1.38 bits per heavy atom. The summed E-state index contributed by atoms with van der Waals surface area (Å²) in [6.07, 6.45) is 1.47. The molecule has 9 heteroatoms. The van der Waals surface area contributed by atoms with Gasteiger partial charge in [-0.1, -0.05) is 0 Å². The standard InChI is InChI=1S/C12H16N4O4S/c1-2-13-10-5-3-8(7-14-10)21(19,20)16-9-4-6-11(17)15-12(9)18/h3,5,7,9,16H,2,4,6H2,1H3,(H,13,14)(H,15,17,18). The second kappa shape index (κ2) is 6.19. The predicted molar refractivity (Wildman–Crippen MR) is 74.9 cm³/mol. The molecule has 2 rings (SSSR count). The number of carbonyl (C=O) groups is 2. The summed E-state index contributed by atoms with van der Waals surface area (Å²) in [5.41, 5.74) is 0. The minimum atomic E-state index is -3.85. The molecule has 0 bridgehead atoms. The van der Waals surface area contributed by atoms with Crippen molar-refractivity contribution in [3.05, 3.63) is 18.3 Å². The van der Waals surface area contributed by atoms with Crippen LogP contribution < -0.4 is 15.4 Å². The molecule has 0 aromatic carbocycles. The zero-order valence-corrected chi connectivity index (χ0v) is 12.2. The first-order valence-corrected chi connectivity index (χ1v) is 7.96. The molecule has 8 nitrogen and oxygen atoms in total.